The number of nitrogens with one attached hydrogen (secondary N) is 2. The molecule has 2 N–H and O–H groups in total. The zero-order chi connectivity index (χ0) is 19.1. The Morgan fingerprint density at radius 2 is 2.11 bits per heavy atom. The molecule has 2 aromatic heterocycles. The maximum atomic E-state index is 13.0. The largest absolute Gasteiger partial charge is 0.349 e. The topological polar surface area (TPSA) is 75.6 Å². The predicted octanol–water partition coefficient (Wildman–Crippen LogP) is 4.25. The normalized spacial score (nSPS) is 21.9. The van der Waals surface area contributed by atoms with Gasteiger partial charge in [0.15, 0.2) is 10.6 Å². The summed E-state index contributed by atoms with van der Waals surface area (Å²) >= 11 is 7.02. The molecular weight excluding hydrogens is 390 g/mol. The van der Waals surface area contributed by atoms with Crippen LogP contribution >= 0.6 is 23.6 Å². The number of nitrogens with zero attached hydrogens (tertiary/aromatic N) is 3. The van der Waals surface area contributed by atoms with Crippen LogP contribution in [-0.4, -0.2) is 25.7 Å². The van der Waals surface area contributed by atoms with E-state index in [2.05, 4.69) is 33.7 Å². The van der Waals surface area contributed by atoms with Gasteiger partial charge in [0.25, 0.3) is 0 Å². The number of carbonyl (C=O) groups is 1. The summed E-state index contributed by atoms with van der Waals surface area (Å²) < 4.78 is 3.85. The van der Waals surface area contributed by atoms with Crippen LogP contribution in [0.25, 0.3) is 10.2 Å². The van der Waals surface area contributed by atoms with Gasteiger partial charge in [-0.05, 0) is 50.0 Å². The van der Waals surface area contributed by atoms with Gasteiger partial charge in [-0.2, -0.15) is 5.10 Å². The molecule has 2 aliphatic rings. The van der Waals surface area contributed by atoms with E-state index in [0.717, 1.165) is 42.0 Å². The molecule has 3 aromatic rings. The van der Waals surface area contributed by atoms with Crippen LogP contribution in [0.2, 0.25) is 0 Å². The van der Waals surface area contributed by atoms with E-state index >= 15 is 0 Å². The summed E-state index contributed by atoms with van der Waals surface area (Å²) in [5.74, 6) is 0.877. The van der Waals surface area contributed by atoms with Crippen molar-refractivity contribution in [3.8, 4) is 0 Å². The molecule has 1 fully saturated rings. The lowest BCUT2D eigenvalue weighted by Gasteiger charge is -2.26. The molecule has 0 aliphatic heterocycles. The summed E-state index contributed by atoms with van der Waals surface area (Å²) in [5, 5.41) is 11.3. The summed E-state index contributed by atoms with van der Waals surface area (Å²) in [6.07, 6.45) is 8.11. The molecule has 2 atom stereocenters. The quantitative estimate of drug-likeness (QED) is 0.486. The van der Waals surface area contributed by atoms with Crippen LogP contribution in [-0.2, 0) is 11.3 Å². The Hall–Kier alpha value is -2.32. The highest BCUT2D eigenvalue weighted by atomic mass is 32.1. The molecule has 0 radical (unpaired) electrons. The van der Waals surface area contributed by atoms with Crippen molar-refractivity contribution in [1.29, 1.82) is 0 Å². The molecule has 1 aromatic carbocycles. The van der Waals surface area contributed by atoms with Gasteiger partial charge < -0.3 is 5.32 Å². The van der Waals surface area contributed by atoms with E-state index in [4.69, 9.17) is 17.2 Å². The van der Waals surface area contributed by atoms with Crippen molar-refractivity contribution in [2.24, 2.45) is 5.92 Å². The molecule has 1 amide bonds. The molecule has 1 saturated carbocycles. The van der Waals surface area contributed by atoms with E-state index < -0.39 is 0 Å². The van der Waals surface area contributed by atoms with Crippen LogP contribution in [0.15, 0.2) is 36.4 Å². The van der Waals surface area contributed by atoms with E-state index in [1.165, 1.54) is 4.70 Å². The Balaban J connectivity index is 1.34. The lowest BCUT2D eigenvalue weighted by Crippen LogP contribution is -2.35. The Kier molecular flexibility index (Phi) is 4.60. The lowest BCUT2D eigenvalue weighted by atomic mass is 9.82. The van der Waals surface area contributed by atoms with Gasteiger partial charge in [-0.25, -0.2) is 4.98 Å². The number of rotatable bonds is 5. The number of fused-ring (bicyclic) bond motifs is 1. The maximum Gasteiger partial charge on any atom is 0.224 e. The molecule has 0 spiro atoms. The molecule has 2 unspecified atom stereocenters. The fourth-order valence-electron chi connectivity index (χ4n) is 3.89. The molecule has 2 aliphatic carbocycles. The first-order valence-corrected chi connectivity index (χ1v) is 10.9. The fraction of sp³-hybridized carbons (Fsp3) is 0.400. The van der Waals surface area contributed by atoms with Gasteiger partial charge in [-0.15, -0.1) is 11.3 Å². The van der Waals surface area contributed by atoms with Crippen LogP contribution in [0.5, 0.6) is 0 Å². The molecule has 8 heteroatoms. The molecule has 2 heterocycles. The zero-order valence-corrected chi connectivity index (χ0v) is 16.9. The Morgan fingerprint density at radius 3 is 2.93 bits per heavy atom. The van der Waals surface area contributed by atoms with Crippen LogP contribution in [0.1, 0.15) is 48.5 Å². The van der Waals surface area contributed by atoms with Gasteiger partial charge >= 0.3 is 0 Å². The van der Waals surface area contributed by atoms with E-state index in [-0.39, 0.29) is 17.7 Å². The van der Waals surface area contributed by atoms with Gasteiger partial charge in [-0.1, -0.05) is 24.3 Å². The van der Waals surface area contributed by atoms with Gasteiger partial charge in [-0.3, -0.25) is 14.5 Å². The van der Waals surface area contributed by atoms with Crippen LogP contribution < -0.4 is 5.32 Å². The first-order chi connectivity index (χ1) is 13.7. The number of thiazole rings is 1. The standard InChI is InChI=1S/C20H21N5OS2/c26-18(21-11-17-23-24-20(27)25(17)12-9-10-12)13-5-1-2-6-14(13)19-22-15-7-3-4-8-16(15)28-19/h1-4,7-8,12-14H,5-6,9-11H2,(H,21,26)(H,24,27). The average Bonchev–Trinajstić information content (AvgIpc) is 3.34. The smallest absolute Gasteiger partial charge is 0.224 e. The SMILES string of the molecule is O=C(NCc1n[nH]c(=S)n1C1CC1)C1CC=CCC1c1nc2ccccc2s1. The number of hydrogen-bond donors (Lipinski definition) is 2. The third-order valence-electron chi connectivity index (χ3n) is 5.51. The highest BCUT2D eigenvalue weighted by Gasteiger charge is 2.33. The first kappa shape index (κ1) is 17.8. The Labute approximate surface area is 171 Å². The number of aromatic amines is 1. The molecule has 6 nitrogen and oxygen atoms in total. The molecule has 0 saturated heterocycles. The summed E-state index contributed by atoms with van der Waals surface area (Å²) in [4.78, 5) is 17.8. The summed E-state index contributed by atoms with van der Waals surface area (Å²) in [5.41, 5.74) is 1.01. The number of carbonyl (C=O) groups excluding carboxylic acids is 1. The second-order valence-electron chi connectivity index (χ2n) is 7.44. The third kappa shape index (κ3) is 3.31. The van der Waals surface area contributed by atoms with Crippen molar-refractivity contribution < 1.29 is 4.79 Å². The van der Waals surface area contributed by atoms with Gasteiger partial charge in [0.2, 0.25) is 5.91 Å². The average molecular weight is 412 g/mol. The number of hydrogen-bond acceptors (Lipinski definition) is 5. The second-order valence-corrected chi connectivity index (χ2v) is 8.89. The van der Waals surface area contributed by atoms with Gasteiger partial charge in [0.05, 0.1) is 27.7 Å². The number of allylic oxidation sites excluding steroid dienone is 2. The molecule has 0 bridgehead atoms. The first-order valence-electron chi connectivity index (χ1n) is 9.64. The third-order valence-corrected chi connectivity index (χ3v) is 6.96. The number of para-hydroxylation sites is 1. The summed E-state index contributed by atoms with van der Waals surface area (Å²) in [6, 6.07) is 8.59. The van der Waals surface area contributed by atoms with E-state index in [1.54, 1.807) is 11.3 Å². The van der Waals surface area contributed by atoms with Crippen LogP contribution in [0.3, 0.4) is 0 Å². The van der Waals surface area contributed by atoms with Crippen LogP contribution in [0, 0.1) is 10.7 Å². The van der Waals surface area contributed by atoms with Gasteiger partial charge in [0.1, 0.15) is 0 Å². The minimum absolute atomic E-state index is 0.0601. The van der Waals surface area contributed by atoms with Crippen molar-refractivity contribution in [2.45, 2.75) is 44.2 Å². The van der Waals surface area contributed by atoms with Crippen LogP contribution in [0.4, 0.5) is 0 Å². The minimum Gasteiger partial charge on any atom is -0.349 e. The van der Waals surface area contributed by atoms with Crippen molar-refractivity contribution >= 4 is 39.7 Å². The number of benzene rings is 1. The van der Waals surface area contributed by atoms with Gasteiger partial charge in [0, 0.05) is 12.0 Å². The van der Waals surface area contributed by atoms with Crippen molar-refractivity contribution in [2.75, 3.05) is 0 Å². The maximum absolute atomic E-state index is 13.0. The number of aromatic nitrogens is 4. The van der Waals surface area contributed by atoms with Crippen molar-refractivity contribution in [3.63, 3.8) is 0 Å². The highest BCUT2D eigenvalue weighted by Crippen LogP contribution is 2.39. The fourth-order valence-corrected chi connectivity index (χ4v) is 5.34. The summed E-state index contributed by atoms with van der Waals surface area (Å²) in [6.45, 7) is 0.398. The number of H-pyrrole nitrogens is 1. The molecular formula is C20H21N5OS2. The molecule has 144 valence electrons. The lowest BCUT2D eigenvalue weighted by molar-refractivity contribution is -0.126. The number of amides is 1. The van der Waals surface area contributed by atoms with E-state index in [0.29, 0.717) is 17.4 Å². The van der Waals surface area contributed by atoms with Crippen molar-refractivity contribution in [1.82, 2.24) is 25.1 Å². The Bertz CT molecular complexity index is 1070. The van der Waals surface area contributed by atoms with Crippen molar-refractivity contribution in [3.05, 3.63) is 52.0 Å². The highest BCUT2D eigenvalue weighted by molar-refractivity contribution is 7.71. The van der Waals surface area contributed by atoms with E-state index in [1.807, 2.05) is 22.8 Å². The monoisotopic (exact) mass is 411 g/mol. The zero-order valence-electron chi connectivity index (χ0n) is 15.3. The molecule has 28 heavy (non-hydrogen) atoms. The summed E-state index contributed by atoms with van der Waals surface area (Å²) in [7, 11) is 0. The van der Waals surface area contributed by atoms with E-state index in [9.17, 15) is 4.79 Å². The molecule has 5 rings (SSSR count). The second kappa shape index (κ2) is 7.25. The minimum atomic E-state index is -0.109. The predicted molar refractivity (Wildman–Crippen MR) is 112 cm³/mol. The Morgan fingerprint density at radius 1 is 1.29 bits per heavy atom.